The number of ether oxygens (including phenoxy) is 1. The summed E-state index contributed by atoms with van der Waals surface area (Å²) < 4.78 is 5.86. The second-order valence-electron chi connectivity index (χ2n) is 5.31. The van der Waals surface area contributed by atoms with Gasteiger partial charge in [-0.2, -0.15) is 4.98 Å². The lowest BCUT2D eigenvalue weighted by molar-refractivity contribution is 0.102. The van der Waals surface area contributed by atoms with Crippen LogP contribution in [0.15, 0.2) is 24.3 Å². The van der Waals surface area contributed by atoms with Crippen LogP contribution >= 0.6 is 0 Å². The van der Waals surface area contributed by atoms with Crippen LogP contribution in [0.5, 0.6) is 0 Å². The molecule has 1 aromatic carbocycles. The van der Waals surface area contributed by atoms with Crippen LogP contribution in [0, 0.1) is 0 Å². The summed E-state index contributed by atoms with van der Waals surface area (Å²) in [7, 11) is 0. The molecular weight excluding hydrogens is 240 g/mol. The van der Waals surface area contributed by atoms with Crippen molar-refractivity contribution in [1.29, 1.82) is 0 Å². The Bertz CT molecular complexity index is 630. The lowest BCUT2D eigenvalue weighted by atomic mass is 9.95. The molecule has 0 saturated carbocycles. The molecular formula is C14H16N4O. The van der Waals surface area contributed by atoms with Gasteiger partial charge < -0.3 is 15.8 Å². The van der Waals surface area contributed by atoms with E-state index in [1.165, 1.54) is 6.42 Å². The van der Waals surface area contributed by atoms with Crippen molar-refractivity contribution >= 4 is 22.7 Å². The molecule has 0 amide bonds. The van der Waals surface area contributed by atoms with E-state index in [0.717, 1.165) is 29.6 Å². The van der Waals surface area contributed by atoms with Crippen LogP contribution in [0.4, 0.5) is 11.8 Å². The van der Waals surface area contributed by atoms with E-state index < -0.39 is 0 Å². The van der Waals surface area contributed by atoms with Gasteiger partial charge in [-0.05, 0) is 31.4 Å². The number of fused-ring (bicyclic) bond motifs is 3. The number of nitrogen functional groups attached to an aromatic ring is 1. The standard InChI is InChI=1S/C14H16N4O/c15-14-17-10-4-2-1-3-9(10)13(18-14)16-11-7-8-5-6-12(11)19-8/h1-4,8,11-12H,5-7H2,(H3,15,16,17,18). The summed E-state index contributed by atoms with van der Waals surface area (Å²) >= 11 is 0. The first-order valence-corrected chi connectivity index (χ1v) is 6.74. The molecule has 2 aliphatic rings. The second-order valence-corrected chi connectivity index (χ2v) is 5.31. The fraction of sp³-hybridized carbons (Fsp3) is 0.429. The molecule has 3 heterocycles. The number of hydrogen-bond acceptors (Lipinski definition) is 5. The van der Waals surface area contributed by atoms with Gasteiger partial charge in [0.1, 0.15) is 5.82 Å². The molecule has 3 unspecified atom stereocenters. The number of nitrogens with two attached hydrogens (primary N) is 1. The number of rotatable bonds is 2. The Morgan fingerprint density at radius 1 is 1.21 bits per heavy atom. The van der Waals surface area contributed by atoms with Crippen molar-refractivity contribution < 1.29 is 4.74 Å². The molecule has 5 nitrogen and oxygen atoms in total. The summed E-state index contributed by atoms with van der Waals surface area (Å²) in [5.74, 6) is 1.13. The zero-order chi connectivity index (χ0) is 12.8. The van der Waals surface area contributed by atoms with E-state index in [9.17, 15) is 0 Å². The van der Waals surface area contributed by atoms with Gasteiger partial charge >= 0.3 is 0 Å². The minimum Gasteiger partial charge on any atom is -0.373 e. The quantitative estimate of drug-likeness (QED) is 0.859. The normalized spacial score (nSPS) is 28.9. The van der Waals surface area contributed by atoms with Gasteiger partial charge in [0, 0.05) is 5.39 Å². The summed E-state index contributed by atoms with van der Waals surface area (Å²) in [6.07, 6.45) is 4.13. The van der Waals surface area contributed by atoms with E-state index >= 15 is 0 Å². The number of nitrogens with zero attached hydrogens (tertiary/aromatic N) is 2. The van der Waals surface area contributed by atoms with E-state index in [4.69, 9.17) is 10.5 Å². The summed E-state index contributed by atoms with van der Waals surface area (Å²) in [6.45, 7) is 0. The summed E-state index contributed by atoms with van der Waals surface area (Å²) in [5, 5.41) is 4.51. The Morgan fingerprint density at radius 2 is 2.11 bits per heavy atom. The van der Waals surface area contributed by atoms with Crippen molar-refractivity contribution in [2.75, 3.05) is 11.1 Å². The van der Waals surface area contributed by atoms with Crippen LogP contribution < -0.4 is 11.1 Å². The Morgan fingerprint density at radius 3 is 2.89 bits per heavy atom. The molecule has 2 saturated heterocycles. The SMILES string of the molecule is Nc1nc(NC2CC3CCC2O3)c2ccccc2n1. The van der Waals surface area contributed by atoms with Gasteiger partial charge in [-0.15, -0.1) is 0 Å². The zero-order valence-corrected chi connectivity index (χ0v) is 10.5. The van der Waals surface area contributed by atoms with Crippen molar-refractivity contribution in [3.63, 3.8) is 0 Å². The highest BCUT2D eigenvalue weighted by atomic mass is 16.5. The fourth-order valence-corrected chi connectivity index (χ4v) is 3.17. The Labute approximate surface area is 111 Å². The molecule has 19 heavy (non-hydrogen) atoms. The molecule has 5 heteroatoms. The van der Waals surface area contributed by atoms with E-state index in [1.807, 2.05) is 24.3 Å². The van der Waals surface area contributed by atoms with Crippen molar-refractivity contribution in [2.45, 2.75) is 37.5 Å². The molecule has 2 fully saturated rings. The first-order valence-electron chi connectivity index (χ1n) is 6.74. The van der Waals surface area contributed by atoms with Crippen LogP contribution in [0.2, 0.25) is 0 Å². The van der Waals surface area contributed by atoms with Gasteiger partial charge in [-0.3, -0.25) is 0 Å². The van der Waals surface area contributed by atoms with E-state index in [1.54, 1.807) is 0 Å². The first-order chi connectivity index (χ1) is 9.29. The maximum Gasteiger partial charge on any atom is 0.222 e. The van der Waals surface area contributed by atoms with E-state index in [0.29, 0.717) is 24.2 Å². The molecule has 0 aliphatic carbocycles. The van der Waals surface area contributed by atoms with E-state index in [-0.39, 0.29) is 0 Å². The minimum absolute atomic E-state index is 0.310. The Kier molecular flexibility index (Phi) is 2.35. The van der Waals surface area contributed by atoms with Crippen molar-refractivity contribution in [2.24, 2.45) is 0 Å². The Balaban J connectivity index is 1.70. The lowest BCUT2D eigenvalue weighted by Crippen LogP contribution is -2.31. The van der Waals surface area contributed by atoms with Gasteiger partial charge in [-0.25, -0.2) is 4.98 Å². The molecule has 0 radical (unpaired) electrons. The Hall–Kier alpha value is -1.88. The molecule has 3 N–H and O–H groups in total. The third kappa shape index (κ3) is 1.81. The molecule has 0 spiro atoms. The monoisotopic (exact) mass is 256 g/mol. The highest BCUT2D eigenvalue weighted by Gasteiger charge is 2.40. The van der Waals surface area contributed by atoms with Crippen molar-refractivity contribution in [1.82, 2.24) is 9.97 Å². The summed E-state index contributed by atoms with van der Waals surface area (Å²) in [6, 6.07) is 8.27. The van der Waals surface area contributed by atoms with Gasteiger partial charge in [-0.1, -0.05) is 12.1 Å². The summed E-state index contributed by atoms with van der Waals surface area (Å²) in [5.41, 5.74) is 6.66. The first kappa shape index (κ1) is 11.0. The van der Waals surface area contributed by atoms with E-state index in [2.05, 4.69) is 15.3 Å². The molecule has 2 aromatic rings. The van der Waals surface area contributed by atoms with Gasteiger partial charge in [0.2, 0.25) is 5.95 Å². The smallest absolute Gasteiger partial charge is 0.222 e. The van der Waals surface area contributed by atoms with Crippen LogP contribution in [-0.2, 0) is 4.74 Å². The molecule has 98 valence electrons. The van der Waals surface area contributed by atoms with Crippen LogP contribution in [0.25, 0.3) is 10.9 Å². The largest absolute Gasteiger partial charge is 0.373 e. The molecule has 4 rings (SSSR count). The van der Waals surface area contributed by atoms with Gasteiger partial charge in [0.15, 0.2) is 0 Å². The number of hydrogen-bond donors (Lipinski definition) is 2. The molecule has 2 bridgehead atoms. The van der Waals surface area contributed by atoms with Crippen LogP contribution in [0.3, 0.4) is 0 Å². The van der Waals surface area contributed by atoms with Crippen LogP contribution in [0.1, 0.15) is 19.3 Å². The third-order valence-electron chi connectivity index (χ3n) is 4.05. The number of benzene rings is 1. The van der Waals surface area contributed by atoms with Gasteiger partial charge in [0.25, 0.3) is 0 Å². The predicted octanol–water partition coefficient (Wildman–Crippen LogP) is 1.94. The van der Waals surface area contributed by atoms with Gasteiger partial charge in [0.05, 0.1) is 23.8 Å². The topological polar surface area (TPSA) is 73.1 Å². The fourth-order valence-electron chi connectivity index (χ4n) is 3.17. The third-order valence-corrected chi connectivity index (χ3v) is 4.05. The highest BCUT2D eigenvalue weighted by molar-refractivity contribution is 5.90. The highest BCUT2D eigenvalue weighted by Crippen LogP contribution is 2.36. The maximum absolute atomic E-state index is 5.86. The lowest BCUT2D eigenvalue weighted by Gasteiger charge is -2.21. The average Bonchev–Trinajstić information content (AvgIpc) is 3.01. The number of para-hydroxylation sites is 1. The second kappa shape index (κ2) is 4.06. The zero-order valence-electron chi connectivity index (χ0n) is 10.5. The van der Waals surface area contributed by atoms with Crippen molar-refractivity contribution in [3.8, 4) is 0 Å². The minimum atomic E-state index is 0.310. The number of aromatic nitrogens is 2. The molecule has 1 aromatic heterocycles. The summed E-state index contributed by atoms with van der Waals surface area (Å²) in [4.78, 5) is 8.60. The maximum atomic E-state index is 5.86. The number of anilines is 2. The average molecular weight is 256 g/mol. The number of nitrogens with one attached hydrogen (secondary N) is 1. The van der Waals surface area contributed by atoms with Crippen LogP contribution in [-0.4, -0.2) is 28.2 Å². The van der Waals surface area contributed by atoms with Crippen molar-refractivity contribution in [3.05, 3.63) is 24.3 Å². The molecule has 2 aliphatic heterocycles. The molecule has 3 atom stereocenters. The predicted molar refractivity (Wildman–Crippen MR) is 73.9 cm³/mol.